The molecule has 1 fully saturated rings. The lowest BCUT2D eigenvalue weighted by molar-refractivity contribution is 0.0234. The molecule has 1 aliphatic carbocycles. The van der Waals surface area contributed by atoms with E-state index in [0.717, 1.165) is 6.07 Å². The topological polar surface area (TPSA) is 83.5 Å². The van der Waals surface area contributed by atoms with Gasteiger partial charge < -0.3 is 10.4 Å². The molecule has 2 aromatic rings. The molecule has 2 N–H and O–H groups in total. The quantitative estimate of drug-likeness (QED) is 0.658. The lowest BCUT2D eigenvalue weighted by Crippen LogP contribution is -2.36. The van der Waals surface area contributed by atoms with Gasteiger partial charge in [-0.3, -0.25) is 4.79 Å². The summed E-state index contributed by atoms with van der Waals surface area (Å²) in [6.45, 7) is 1.65. The van der Waals surface area contributed by atoms with Crippen molar-refractivity contribution >= 4 is 33.0 Å². The van der Waals surface area contributed by atoms with Crippen LogP contribution >= 0.6 is 11.6 Å². The van der Waals surface area contributed by atoms with E-state index in [1.807, 2.05) is 0 Å². The zero-order chi connectivity index (χ0) is 22.3. The van der Waals surface area contributed by atoms with Crippen LogP contribution in [0.5, 0.6) is 0 Å². The molecule has 2 aromatic carbocycles. The fourth-order valence-corrected chi connectivity index (χ4v) is 5.68. The molecule has 10 heteroatoms. The van der Waals surface area contributed by atoms with Gasteiger partial charge in [0.05, 0.1) is 20.8 Å². The van der Waals surface area contributed by atoms with Crippen LogP contribution in [-0.4, -0.2) is 30.3 Å². The zero-order valence-corrected chi connectivity index (χ0v) is 17.5. The van der Waals surface area contributed by atoms with Crippen LogP contribution in [0.2, 0.25) is 5.02 Å². The molecule has 1 amide bonds. The lowest BCUT2D eigenvalue weighted by Gasteiger charge is -2.32. The normalized spacial score (nSPS) is 22.0. The smallest absolute Gasteiger partial charge is 0.255 e. The summed E-state index contributed by atoms with van der Waals surface area (Å²) in [5.41, 5.74) is -1.35. The maximum Gasteiger partial charge on any atom is 0.255 e. The first-order chi connectivity index (χ1) is 13.9. The highest BCUT2D eigenvalue weighted by atomic mass is 35.5. The van der Waals surface area contributed by atoms with E-state index in [-0.39, 0.29) is 34.0 Å². The fraction of sp³-hybridized carbons (Fsp3) is 0.350. The number of hydrogen-bond acceptors (Lipinski definition) is 4. The van der Waals surface area contributed by atoms with Crippen LogP contribution in [-0.2, 0) is 9.84 Å². The highest BCUT2D eigenvalue weighted by Crippen LogP contribution is 2.36. The van der Waals surface area contributed by atoms with Gasteiger partial charge in [0.1, 0.15) is 0 Å². The van der Waals surface area contributed by atoms with Crippen molar-refractivity contribution in [3.05, 3.63) is 58.4 Å². The average Bonchev–Trinajstić information content (AvgIpc) is 2.65. The number of anilines is 1. The van der Waals surface area contributed by atoms with Gasteiger partial charge in [-0.2, -0.15) is 0 Å². The van der Waals surface area contributed by atoms with E-state index in [2.05, 4.69) is 5.32 Å². The summed E-state index contributed by atoms with van der Waals surface area (Å²) >= 11 is 6.08. The molecule has 1 saturated carbocycles. The minimum Gasteiger partial charge on any atom is -0.390 e. The average molecular weight is 462 g/mol. The summed E-state index contributed by atoms with van der Waals surface area (Å²) < 4.78 is 65.8. The molecule has 0 bridgehead atoms. The van der Waals surface area contributed by atoms with Gasteiger partial charge in [0, 0.05) is 23.4 Å². The van der Waals surface area contributed by atoms with Gasteiger partial charge in [0.25, 0.3) is 5.91 Å². The molecular weight excluding hydrogens is 443 g/mol. The number of rotatable bonds is 4. The predicted octanol–water partition coefficient (Wildman–Crippen LogP) is 4.48. The second-order valence-electron chi connectivity index (χ2n) is 7.59. The highest BCUT2D eigenvalue weighted by Gasteiger charge is 2.37. The van der Waals surface area contributed by atoms with Gasteiger partial charge in [-0.25, -0.2) is 21.6 Å². The SMILES string of the molecule is CC1(O)CCC(S(=O)(=O)c2cc(C(=O)Nc3cc(F)c(F)c(F)c3)ccc2Cl)CC1. The van der Waals surface area contributed by atoms with E-state index < -0.39 is 44.0 Å². The maximum atomic E-state index is 13.3. The molecule has 0 aromatic heterocycles. The zero-order valence-electron chi connectivity index (χ0n) is 15.9. The first kappa shape index (κ1) is 22.6. The van der Waals surface area contributed by atoms with E-state index in [4.69, 9.17) is 11.6 Å². The van der Waals surface area contributed by atoms with E-state index in [1.165, 1.54) is 12.1 Å². The fourth-order valence-electron chi connectivity index (χ4n) is 3.40. The third kappa shape index (κ3) is 4.63. The number of benzene rings is 2. The van der Waals surface area contributed by atoms with Crippen molar-refractivity contribution in [1.29, 1.82) is 0 Å². The Labute approximate surface area is 176 Å². The van der Waals surface area contributed by atoms with Crippen LogP contribution in [0.3, 0.4) is 0 Å². The number of carbonyl (C=O) groups excluding carboxylic acids is 1. The van der Waals surface area contributed by atoms with Crippen LogP contribution < -0.4 is 5.32 Å². The molecule has 0 unspecified atom stereocenters. The van der Waals surface area contributed by atoms with Gasteiger partial charge in [-0.05, 0) is 50.8 Å². The first-order valence-corrected chi connectivity index (χ1v) is 11.0. The minimum absolute atomic E-state index is 0.0669. The van der Waals surface area contributed by atoms with Gasteiger partial charge >= 0.3 is 0 Å². The minimum atomic E-state index is -3.88. The molecule has 1 aliphatic rings. The Hall–Kier alpha value is -2.10. The van der Waals surface area contributed by atoms with Crippen molar-refractivity contribution in [2.75, 3.05) is 5.32 Å². The summed E-state index contributed by atoms with van der Waals surface area (Å²) in [5.74, 6) is -5.46. The molecule has 0 radical (unpaired) electrons. The lowest BCUT2D eigenvalue weighted by atomic mass is 9.86. The molecule has 0 saturated heterocycles. The Bertz CT molecular complexity index is 1070. The molecule has 30 heavy (non-hydrogen) atoms. The Balaban J connectivity index is 1.87. The van der Waals surface area contributed by atoms with Crippen molar-refractivity contribution in [2.45, 2.75) is 48.4 Å². The Morgan fingerprint density at radius 1 is 1.13 bits per heavy atom. The Morgan fingerprint density at radius 3 is 2.27 bits per heavy atom. The number of carbonyl (C=O) groups is 1. The summed E-state index contributed by atoms with van der Waals surface area (Å²) in [5, 5.41) is 11.4. The van der Waals surface area contributed by atoms with Crippen LogP contribution in [0.1, 0.15) is 43.0 Å². The molecule has 0 heterocycles. The number of nitrogens with one attached hydrogen (secondary N) is 1. The number of sulfone groups is 1. The van der Waals surface area contributed by atoms with Crippen molar-refractivity contribution in [3.8, 4) is 0 Å². The Morgan fingerprint density at radius 2 is 1.70 bits per heavy atom. The standard InChI is InChI=1S/C20H19ClF3NO4S/c1-20(27)6-4-13(5-7-20)30(28,29)17-8-11(2-3-14(17)21)19(26)25-12-9-15(22)18(24)16(23)10-12/h2-3,8-10,13,27H,4-7H2,1H3,(H,25,26). The first-order valence-electron chi connectivity index (χ1n) is 9.12. The second kappa shape index (κ2) is 8.20. The maximum absolute atomic E-state index is 13.3. The summed E-state index contributed by atoms with van der Waals surface area (Å²) in [6, 6.07) is 4.82. The number of hydrogen-bond donors (Lipinski definition) is 2. The van der Waals surface area contributed by atoms with Crippen molar-refractivity contribution < 1.29 is 31.5 Å². The van der Waals surface area contributed by atoms with Gasteiger partial charge in [0.2, 0.25) is 0 Å². The van der Waals surface area contributed by atoms with Crippen molar-refractivity contribution in [1.82, 2.24) is 0 Å². The number of halogens is 4. The van der Waals surface area contributed by atoms with Crippen LogP contribution in [0.4, 0.5) is 18.9 Å². The number of amides is 1. The number of aliphatic hydroxyl groups is 1. The molecule has 0 atom stereocenters. The molecule has 0 aliphatic heterocycles. The van der Waals surface area contributed by atoms with E-state index >= 15 is 0 Å². The largest absolute Gasteiger partial charge is 0.390 e. The van der Waals surface area contributed by atoms with E-state index in [0.29, 0.717) is 25.0 Å². The summed E-state index contributed by atoms with van der Waals surface area (Å²) in [7, 11) is -3.88. The molecule has 162 valence electrons. The summed E-state index contributed by atoms with van der Waals surface area (Å²) in [6.07, 6.45) is 1.12. The van der Waals surface area contributed by atoms with Crippen LogP contribution in [0.25, 0.3) is 0 Å². The molecule has 0 spiro atoms. The Kier molecular flexibility index (Phi) is 6.18. The highest BCUT2D eigenvalue weighted by molar-refractivity contribution is 7.92. The molecular formula is C20H19ClF3NO4S. The van der Waals surface area contributed by atoms with Gasteiger partial charge in [-0.15, -0.1) is 0 Å². The van der Waals surface area contributed by atoms with Crippen LogP contribution in [0, 0.1) is 17.5 Å². The third-order valence-corrected chi connectivity index (χ3v) is 7.93. The van der Waals surface area contributed by atoms with Gasteiger partial charge in [0.15, 0.2) is 27.3 Å². The van der Waals surface area contributed by atoms with E-state index in [1.54, 1.807) is 6.92 Å². The molecule has 5 nitrogen and oxygen atoms in total. The van der Waals surface area contributed by atoms with Crippen molar-refractivity contribution in [2.24, 2.45) is 0 Å². The second-order valence-corrected chi connectivity index (χ2v) is 10.2. The van der Waals surface area contributed by atoms with Crippen molar-refractivity contribution in [3.63, 3.8) is 0 Å². The monoisotopic (exact) mass is 461 g/mol. The third-order valence-electron chi connectivity index (χ3n) is 5.19. The van der Waals surface area contributed by atoms with Crippen LogP contribution in [0.15, 0.2) is 35.2 Å². The summed E-state index contributed by atoms with van der Waals surface area (Å²) in [4.78, 5) is 12.2. The van der Waals surface area contributed by atoms with Gasteiger partial charge in [-0.1, -0.05) is 11.6 Å². The van der Waals surface area contributed by atoms with E-state index in [9.17, 15) is 31.5 Å². The predicted molar refractivity (Wildman–Crippen MR) is 106 cm³/mol. The molecule has 3 rings (SSSR count).